The average Bonchev–Trinajstić information content (AvgIpc) is 2.02. The molecule has 1 aliphatic heterocycles. The normalized spacial score (nSPS) is 19.6. The molecule has 1 N–H and O–H groups in total. The lowest BCUT2D eigenvalue weighted by atomic mass is 9.88. The summed E-state index contributed by atoms with van der Waals surface area (Å²) in [5, 5.41) is 4.36. The Kier molecular flexibility index (Phi) is 2.09. The summed E-state index contributed by atoms with van der Waals surface area (Å²) in [5.41, 5.74) is 2.86. The molecule has 13 heavy (non-hydrogen) atoms. The maximum absolute atomic E-state index is 6.10. The third kappa shape index (κ3) is 1.72. The zero-order valence-corrected chi connectivity index (χ0v) is 8.78. The SMILES string of the molecule is CC1(C)Cc2cccc(Cl)c2CN1. The largest absolute Gasteiger partial charge is 0.307 e. The lowest BCUT2D eigenvalue weighted by Gasteiger charge is -2.33. The quantitative estimate of drug-likeness (QED) is 0.672. The van der Waals surface area contributed by atoms with Crippen molar-refractivity contribution in [3.05, 3.63) is 34.3 Å². The summed E-state index contributed by atoms with van der Waals surface area (Å²) in [5.74, 6) is 0. The van der Waals surface area contributed by atoms with Crippen LogP contribution >= 0.6 is 11.6 Å². The van der Waals surface area contributed by atoms with Crippen LogP contribution in [0.1, 0.15) is 25.0 Å². The number of hydrogen-bond donors (Lipinski definition) is 1. The van der Waals surface area contributed by atoms with Crippen molar-refractivity contribution in [1.29, 1.82) is 0 Å². The summed E-state index contributed by atoms with van der Waals surface area (Å²) < 4.78 is 0. The van der Waals surface area contributed by atoms with Crippen molar-refractivity contribution < 1.29 is 0 Å². The summed E-state index contributed by atoms with van der Waals surface area (Å²) in [6, 6.07) is 6.16. The van der Waals surface area contributed by atoms with Gasteiger partial charge >= 0.3 is 0 Å². The smallest absolute Gasteiger partial charge is 0.0453 e. The first-order valence-corrected chi connectivity index (χ1v) is 4.98. The molecular weight excluding hydrogens is 182 g/mol. The lowest BCUT2D eigenvalue weighted by Crippen LogP contribution is -2.44. The van der Waals surface area contributed by atoms with E-state index in [1.807, 2.05) is 12.1 Å². The summed E-state index contributed by atoms with van der Waals surface area (Å²) in [7, 11) is 0. The molecule has 0 unspecified atom stereocenters. The number of hydrogen-bond acceptors (Lipinski definition) is 1. The number of rotatable bonds is 0. The van der Waals surface area contributed by atoms with Gasteiger partial charge in [-0.05, 0) is 37.5 Å². The first kappa shape index (κ1) is 9.04. The molecule has 2 rings (SSSR count). The van der Waals surface area contributed by atoms with E-state index >= 15 is 0 Å². The molecule has 1 heterocycles. The van der Waals surface area contributed by atoms with E-state index in [0.717, 1.165) is 18.0 Å². The van der Waals surface area contributed by atoms with E-state index in [4.69, 9.17) is 11.6 Å². The number of fused-ring (bicyclic) bond motifs is 1. The van der Waals surface area contributed by atoms with E-state index < -0.39 is 0 Å². The third-order valence-electron chi connectivity index (χ3n) is 2.59. The molecular formula is C11H14ClN. The van der Waals surface area contributed by atoms with Crippen molar-refractivity contribution in [2.24, 2.45) is 0 Å². The molecule has 0 radical (unpaired) electrons. The monoisotopic (exact) mass is 195 g/mol. The van der Waals surface area contributed by atoms with Crippen molar-refractivity contribution in [1.82, 2.24) is 5.32 Å². The van der Waals surface area contributed by atoms with Crippen LogP contribution in [0.2, 0.25) is 5.02 Å². The molecule has 70 valence electrons. The van der Waals surface area contributed by atoms with Crippen molar-refractivity contribution in [3.63, 3.8) is 0 Å². The Labute approximate surface area is 84.1 Å². The Morgan fingerprint density at radius 1 is 1.38 bits per heavy atom. The van der Waals surface area contributed by atoms with Gasteiger partial charge in [-0.25, -0.2) is 0 Å². The van der Waals surface area contributed by atoms with Gasteiger partial charge in [-0.3, -0.25) is 0 Å². The Balaban J connectivity index is 2.42. The van der Waals surface area contributed by atoms with E-state index in [9.17, 15) is 0 Å². The van der Waals surface area contributed by atoms with Crippen molar-refractivity contribution >= 4 is 11.6 Å². The molecule has 0 fully saturated rings. The summed E-state index contributed by atoms with van der Waals surface area (Å²) in [4.78, 5) is 0. The summed E-state index contributed by atoms with van der Waals surface area (Å²) in [6.07, 6.45) is 1.06. The molecule has 1 aromatic rings. The van der Waals surface area contributed by atoms with Gasteiger partial charge in [-0.1, -0.05) is 23.7 Å². The number of halogens is 1. The average molecular weight is 196 g/mol. The standard InChI is InChI=1S/C11H14ClN/c1-11(2)6-8-4-3-5-10(12)9(8)7-13-11/h3-5,13H,6-7H2,1-2H3. The predicted molar refractivity (Wildman–Crippen MR) is 56.1 cm³/mol. The molecule has 0 saturated heterocycles. The van der Waals surface area contributed by atoms with E-state index in [1.165, 1.54) is 11.1 Å². The van der Waals surface area contributed by atoms with Crippen LogP contribution < -0.4 is 5.32 Å². The number of nitrogens with one attached hydrogen (secondary N) is 1. The van der Waals surface area contributed by atoms with Crippen molar-refractivity contribution in [3.8, 4) is 0 Å². The van der Waals surface area contributed by atoms with E-state index in [-0.39, 0.29) is 5.54 Å². The van der Waals surface area contributed by atoms with Crippen LogP contribution in [0.25, 0.3) is 0 Å². The van der Waals surface area contributed by atoms with E-state index in [0.29, 0.717) is 0 Å². The fraction of sp³-hybridized carbons (Fsp3) is 0.455. The zero-order chi connectivity index (χ0) is 9.47. The fourth-order valence-corrected chi connectivity index (χ4v) is 2.09. The van der Waals surface area contributed by atoms with E-state index in [1.54, 1.807) is 0 Å². The highest BCUT2D eigenvalue weighted by Gasteiger charge is 2.24. The molecule has 1 nitrogen and oxygen atoms in total. The second-order valence-electron chi connectivity index (χ2n) is 4.29. The van der Waals surface area contributed by atoms with Crippen molar-refractivity contribution in [2.45, 2.75) is 32.4 Å². The maximum atomic E-state index is 6.10. The van der Waals surface area contributed by atoms with Crippen LogP contribution in [0.5, 0.6) is 0 Å². The second kappa shape index (κ2) is 3.00. The molecule has 0 aromatic heterocycles. The Morgan fingerprint density at radius 2 is 2.15 bits per heavy atom. The van der Waals surface area contributed by atoms with Gasteiger partial charge in [-0.15, -0.1) is 0 Å². The summed E-state index contributed by atoms with van der Waals surface area (Å²) >= 11 is 6.10. The van der Waals surface area contributed by atoms with Gasteiger partial charge < -0.3 is 5.32 Å². The minimum Gasteiger partial charge on any atom is -0.307 e. The van der Waals surface area contributed by atoms with Gasteiger partial charge in [0.25, 0.3) is 0 Å². The minimum atomic E-state index is 0.206. The van der Waals surface area contributed by atoms with Gasteiger partial charge in [0.15, 0.2) is 0 Å². The highest BCUT2D eigenvalue weighted by Crippen LogP contribution is 2.27. The molecule has 0 aliphatic carbocycles. The maximum Gasteiger partial charge on any atom is 0.0453 e. The minimum absolute atomic E-state index is 0.206. The Bertz CT molecular complexity index is 331. The Hall–Kier alpha value is -0.530. The van der Waals surface area contributed by atoms with Crippen LogP contribution in [0, 0.1) is 0 Å². The van der Waals surface area contributed by atoms with Gasteiger partial charge in [0.2, 0.25) is 0 Å². The third-order valence-corrected chi connectivity index (χ3v) is 2.95. The molecule has 0 spiro atoms. The molecule has 2 heteroatoms. The van der Waals surface area contributed by atoms with Gasteiger partial charge in [0, 0.05) is 17.1 Å². The zero-order valence-electron chi connectivity index (χ0n) is 8.02. The van der Waals surface area contributed by atoms with Crippen LogP contribution in [0.3, 0.4) is 0 Å². The lowest BCUT2D eigenvalue weighted by molar-refractivity contribution is 0.363. The van der Waals surface area contributed by atoms with Crippen molar-refractivity contribution in [2.75, 3.05) is 0 Å². The molecule has 1 aromatic carbocycles. The topological polar surface area (TPSA) is 12.0 Å². The predicted octanol–water partition coefficient (Wildman–Crippen LogP) is 2.76. The fourth-order valence-electron chi connectivity index (χ4n) is 1.83. The van der Waals surface area contributed by atoms with Crippen LogP contribution in [0.15, 0.2) is 18.2 Å². The van der Waals surface area contributed by atoms with Crippen LogP contribution in [-0.2, 0) is 13.0 Å². The van der Waals surface area contributed by atoms with Gasteiger partial charge in [-0.2, -0.15) is 0 Å². The molecule has 0 amide bonds. The molecule has 0 bridgehead atoms. The molecule has 1 aliphatic rings. The first-order valence-electron chi connectivity index (χ1n) is 4.60. The highest BCUT2D eigenvalue weighted by molar-refractivity contribution is 6.31. The number of benzene rings is 1. The van der Waals surface area contributed by atoms with Gasteiger partial charge in [0.05, 0.1) is 0 Å². The van der Waals surface area contributed by atoms with Crippen LogP contribution in [-0.4, -0.2) is 5.54 Å². The first-order chi connectivity index (χ1) is 6.08. The second-order valence-corrected chi connectivity index (χ2v) is 4.70. The summed E-state index contributed by atoms with van der Waals surface area (Å²) in [6.45, 7) is 5.33. The Morgan fingerprint density at radius 3 is 2.92 bits per heavy atom. The van der Waals surface area contributed by atoms with Gasteiger partial charge in [0.1, 0.15) is 0 Å². The molecule has 0 saturated carbocycles. The van der Waals surface area contributed by atoms with Crippen LogP contribution in [0.4, 0.5) is 0 Å². The molecule has 0 atom stereocenters. The highest BCUT2D eigenvalue weighted by atomic mass is 35.5. The van der Waals surface area contributed by atoms with E-state index in [2.05, 4.69) is 25.2 Å².